The third kappa shape index (κ3) is 14.8. The van der Waals surface area contributed by atoms with Crippen LogP contribution in [0.4, 0.5) is 56.9 Å². The molecule has 0 aliphatic carbocycles. The number of phenolic OH excluding ortho intramolecular Hbond substituents is 1. The second-order valence-electron chi connectivity index (χ2n) is 14.1. The fourth-order valence-corrected chi connectivity index (χ4v) is 6.80. The molecule has 0 saturated heterocycles. The lowest BCUT2D eigenvalue weighted by Crippen LogP contribution is -1.97. The molecule has 3 N–H and O–H groups in total. The highest BCUT2D eigenvalue weighted by Crippen LogP contribution is 2.42. The lowest BCUT2D eigenvalue weighted by Gasteiger charge is -2.10. The topological polar surface area (TPSA) is 306 Å². The highest BCUT2D eigenvalue weighted by molar-refractivity contribution is 7.86. The molecule has 69 heavy (non-hydrogen) atoms. The number of anilines is 2. The number of para-hydroxylation sites is 1. The van der Waals surface area contributed by atoms with Crippen molar-refractivity contribution in [2.24, 2.45) is 40.9 Å². The van der Waals surface area contributed by atoms with Gasteiger partial charge in [-0.3, -0.25) is 4.55 Å². The zero-order chi connectivity index (χ0) is 50.3. The van der Waals surface area contributed by atoms with Crippen LogP contribution in [0.25, 0.3) is 10.8 Å². The number of benzene rings is 7. The van der Waals surface area contributed by atoms with Crippen molar-refractivity contribution in [2.45, 2.75) is 25.7 Å². The van der Waals surface area contributed by atoms with Gasteiger partial charge in [-0.15, -0.1) is 45.7 Å². The smallest absolute Gasteiger partial charge is 0.425 e. The summed E-state index contributed by atoms with van der Waals surface area (Å²) in [5.74, 6) is 0.849. The van der Waals surface area contributed by atoms with E-state index in [0.717, 1.165) is 27.9 Å². The van der Waals surface area contributed by atoms with Crippen LogP contribution in [0.15, 0.2) is 173 Å². The van der Waals surface area contributed by atoms with Crippen LogP contribution in [-0.4, -0.2) is 57.6 Å². The van der Waals surface area contributed by atoms with Crippen LogP contribution in [0.2, 0.25) is 0 Å². The number of rotatable bonds is 13. The molecule has 0 saturated carbocycles. The highest BCUT2D eigenvalue weighted by Gasteiger charge is 2.15. The molecule has 7 aromatic rings. The lowest BCUT2D eigenvalue weighted by atomic mass is 10.1. The molecule has 0 heterocycles. The number of fused-ring (bicyclic) bond motifs is 1. The second kappa shape index (κ2) is 23.8. The van der Waals surface area contributed by atoms with Crippen LogP contribution in [0.5, 0.6) is 17.2 Å². The normalized spacial score (nSPS) is 11.3. The molecule has 354 valence electrons. The SMILES string of the molecule is COc1cc(N=Nc2ccc(N=Nc3ccccc3S(=O)(=O)O)c(C)c2)c(C)cc1N=Nc1cc(OC)c(N=Nc2ccc3cc(Nc4ccccc4)ccc3c2O)cc1C.O=S(=O)=O.O=S(=O)=O. The minimum Gasteiger partial charge on any atom is -0.505 e. The molecular formula is C45H39N9O12S3. The molecule has 0 bridgehead atoms. The predicted molar refractivity (Wildman–Crippen MR) is 254 cm³/mol. The molecule has 0 aliphatic heterocycles. The average Bonchev–Trinajstić information content (AvgIpc) is 3.30. The minimum atomic E-state index is -4.46. The molecular weight excluding hydrogens is 955 g/mol. The standard InChI is InChI=1S/C45H39N9O6S.2O3S/c1-27-21-33(17-20-35(27)48-49-36-13-9-10-14-44(36)61(56,57)58)47-51-38-25-42(59-4)41(22-28(38)2)54-52-39-26-43(60-5)40(23-29(39)3)53-50-37-19-15-30-24-32(16-18-34(30)45(37)55)46-31-11-7-6-8-12-31;2*1-4(2)3/h6-26,46,55H,1-5H3,(H,56,57,58);;. The Morgan fingerprint density at radius 1 is 0.478 bits per heavy atom. The summed E-state index contributed by atoms with van der Waals surface area (Å²) in [6.07, 6.45) is 0. The zero-order valence-electron chi connectivity index (χ0n) is 36.9. The van der Waals surface area contributed by atoms with Gasteiger partial charge in [0.1, 0.15) is 39.1 Å². The van der Waals surface area contributed by atoms with E-state index in [1.807, 2.05) is 75.4 Å². The summed E-state index contributed by atoms with van der Waals surface area (Å²) in [4.78, 5) is -0.336. The Morgan fingerprint density at radius 2 is 0.957 bits per heavy atom. The third-order valence-electron chi connectivity index (χ3n) is 9.42. The number of aryl methyl sites for hydroxylation is 3. The summed E-state index contributed by atoms with van der Waals surface area (Å²) in [5.41, 5.74) is 7.44. The molecule has 0 amide bonds. The molecule has 7 rings (SSSR count). The Kier molecular flexibility index (Phi) is 17.8. The van der Waals surface area contributed by atoms with Gasteiger partial charge in [0.25, 0.3) is 10.1 Å². The van der Waals surface area contributed by atoms with Crippen LogP contribution in [0, 0.1) is 20.8 Å². The van der Waals surface area contributed by atoms with Crippen molar-refractivity contribution in [2.75, 3.05) is 19.5 Å². The van der Waals surface area contributed by atoms with E-state index in [2.05, 4.69) is 46.2 Å². The molecule has 0 spiro atoms. The van der Waals surface area contributed by atoms with Crippen molar-refractivity contribution >= 4 is 99.0 Å². The van der Waals surface area contributed by atoms with E-state index in [1.54, 1.807) is 54.6 Å². The number of nitrogens with zero attached hydrogens (tertiary/aromatic N) is 8. The van der Waals surface area contributed by atoms with Gasteiger partial charge in [0.2, 0.25) is 0 Å². The first kappa shape index (κ1) is 51.5. The number of azo groups is 4. The monoisotopic (exact) mass is 993 g/mol. The summed E-state index contributed by atoms with van der Waals surface area (Å²) in [6, 6.07) is 37.1. The fraction of sp³-hybridized carbons (Fsp3) is 0.111. The number of nitrogens with one attached hydrogen (secondary N) is 1. The van der Waals surface area contributed by atoms with Crippen LogP contribution in [0.1, 0.15) is 16.7 Å². The Balaban J connectivity index is 0.00000103. The van der Waals surface area contributed by atoms with Gasteiger partial charge in [-0.2, -0.15) is 28.9 Å². The first-order valence-electron chi connectivity index (χ1n) is 19.7. The van der Waals surface area contributed by atoms with Crippen molar-refractivity contribution in [3.05, 3.63) is 144 Å². The zero-order valence-corrected chi connectivity index (χ0v) is 39.4. The summed E-state index contributed by atoms with van der Waals surface area (Å²) >= 11 is 0. The molecule has 24 heteroatoms. The molecule has 7 aromatic carbocycles. The first-order valence-corrected chi connectivity index (χ1v) is 23.1. The number of methoxy groups -OCH3 is 2. The molecule has 0 aromatic heterocycles. The Morgan fingerprint density at radius 3 is 1.52 bits per heavy atom. The van der Waals surface area contributed by atoms with Crippen LogP contribution >= 0.6 is 0 Å². The molecule has 0 radical (unpaired) electrons. The quantitative estimate of drug-likeness (QED) is 0.0715. The molecule has 0 unspecified atom stereocenters. The van der Waals surface area contributed by atoms with Gasteiger partial charge in [0.05, 0.1) is 37.0 Å². The molecule has 0 aliphatic rings. The second-order valence-corrected chi connectivity index (χ2v) is 16.3. The number of phenols is 1. The van der Waals surface area contributed by atoms with E-state index in [-0.39, 0.29) is 16.3 Å². The van der Waals surface area contributed by atoms with Gasteiger partial charge in [0.15, 0.2) is 5.75 Å². The predicted octanol–water partition coefficient (Wildman–Crippen LogP) is 12.1. The van der Waals surface area contributed by atoms with E-state index in [1.165, 1.54) is 32.4 Å². The third-order valence-corrected chi connectivity index (χ3v) is 10.3. The Bertz CT molecular complexity index is 3460. The Hall–Kier alpha value is -8.45. The summed E-state index contributed by atoms with van der Waals surface area (Å²) in [5, 5.41) is 50.7. The molecule has 0 fully saturated rings. The van der Waals surface area contributed by atoms with Gasteiger partial charge < -0.3 is 19.9 Å². The molecule has 21 nitrogen and oxygen atoms in total. The Labute approximate surface area is 397 Å². The molecule has 0 atom stereocenters. The van der Waals surface area contributed by atoms with Crippen molar-refractivity contribution in [3.8, 4) is 17.2 Å². The van der Waals surface area contributed by atoms with E-state index >= 15 is 0 Å². The van der Waals surface area contributed by atoms with Crippen molar-refractivity contribution < 1.29 is 52.8 Å². The number of hydrogen-bond acceptors (Lipinski definition) is 20. The maximum absolute atomic E-state index is 11.7. The van der Waals surface area contributed by atoms with E-state index in [0.29, 0.717) is 62.3 Å². The van der Waals surface area contributed by atoms with Gasteiger partial charge in [0, 0.05) is 28.9 Å². The minimum absolute atomic E-state index is 0.0132. The number of ether oxygens (including phenoxy) is 2. The number of hydrogen-bond donors (Lipinski definition) is 3. The maximum atomic E-state index is 11.7. The van der Waals surface area contributed by atoms with Crippen molar-refractivity contribution in [1.82, 2.24) is 0 Å². The van der Waals surface area contributed by atoms with Gasteiger partial charge in [-0.05, 0) is 122 Å². The lowest BCUT2D eigenvalue weighted by molar-refractivity contribution is 0.415. The van der Waals surface area contributed by atoms with Gasteiger partial charge >= 0.3 is 21.2 Å². The summed E-state index contributed by atoms with van der Waals surface area (Å²) in [7, 11) is -7.64. The number of aromatic hydroxyl groups is 1. The van der Waals surface area contributed by atoms with Gasteiger partial charge in [-0.25, -0.2) is 0 Å². The first-order chi connectivity index (χ1) is 32.9. The maximum Gasteiger partial charge on any atom is 0.425 e. The fourth-order valence-electron chi connectivity index (χ4n) is 6.18. The largest absolute Gasteiger partial charge is 0.505 e. The van der Waals surface area contributed by atoms with Crippen LogP contribution in [0.3, 0.4) is 0 Å². The summed E-state index contributed by atoms with van der Waals surface area (Å²) in [6.45, 7) is 5.55. The highest BCUT2D eigenvalue weighted by atomic mass is 32.2. The van der Waals surface area contributed by atoms with E-state index in [9.17, 15) is 18.1 Å². The van der Waals surface area contributed by atoms with E-state index < -0.39 is 31.3 Å². The van der Waals surface area contributed by atoms with Crippen LogP contribution in [-0.2, 0) is 31.3 Å². The van der Waals surface area contributed by atoms with E-state index in [4.69, 9.17) is 34.7 Å². The van der Waals surface area contributed by atoms with Crippen molar-refractivity contribution in [3.63, 3.8) is 0 Å². The average molecular weight is 994 g/mol. The van der Waals surface area contributed by atoms with Crippen molar-refractivity contribution in [1.29, 1.82) is 0 Å². The van der Waals surface area contributed by atoms with Crippen LogP contribution < -0.4 is 14.8 Å². The van der Waals surface area contributed by atoms with Gasteiger partial charge in [-0.1, -0.05) is 36.4 Å². The summed E-state index contributed by atoms with van der Waals surface area (Å²) < 4.78 is 94.8.